The Morgan fingerprint density at radius 1 is 1.25 bits per heavy atom. The number of fused-ring (bicyclic) bond motifs is 1. The van der Waals surface area contributed by atoms with Crippen LogP contribution in [0.2, 0.25) is 0 Å². The van der Waals surface area contributed by atoms with Crippen molar-refractivity contribution in [2.75, 3.05) is 13.2 Å². The summed E-state index contributed by atoms with van der Waals surface area (Å²) >= 11 is 1.81. The van der Waals surface area contributed by atoms with E-state index in [1.54, 1.807) is 0 Å². The highest BCUT2D eigenvalue weighted by Crippen LogP contribution is 2.35. The molecule has 1 heterocycles. The fourth-order valence-corrected chi connectivity index (χ4v) is 3.66. The van der Waals surface area contributed by atoms with E-state index in [0.29, 0.717) is 0 Å². The van der Waals surface area contributed by atoms with Crippen LogP contribution in [0.25, 0.3) is 10.1 Å². The van der Waals surface area contributed by atoms with E-state index in [2.05, 4.69) is 62.7 Å². The zero-order chi connectivity index (χ0) is 14.6. The van der Waals surface area contributed by atoms with Gasteiger partial charge in [0.1, 0.15) is 0 Å². The lowest BCUT2D eigenvalue weighted by Crippen LogP contribution is -2.42. The molecule has 0 radical (unpaired) electrons. The van der Waals surface area contributed by atoms with Gasteiger partial charge in [-0.1, -0.05) is 25.1 Å². The fourth-order valence-electron chi connectivity index (χ4n) is 2.72. The Kier molecular flexibility index (Phi) is 5.19. The van der Waals surface area contributed by atoms with Crippen LogP contribution in [0, 0.1) is 0 Å². The standard InChI is InChI=1S/C17H25NOS/c1-5-11-18-16(17(3,4)19-6-2)14-9-7-8-13-10-12-20-15(13)14/h7-10,12,16,18H,5-6,11H2,1-4H3. The summed E-state index contributed by atoms with van der Waals surface area (Å²) in [5.74, 6) is 0. The third-order valence-electron chi connectivity index (χ3n) is 3.63. The molecule has 1 atom stereocenters. The Bertz CT molecular complexity index is 547. The Morgan fingerprint density at radius 2 is 2.05 bits per heavy atom. The second kappa shape index (κ2) is 6.70. The predicted molar refractivity (Wildman–Crippen MR) is 88.6 cm³/mol. The number of thiophene rings is 1. The van der Waals surface area contributed by atoms with Crippen LogP contribution in [0.1, 0.15) is 45.7 Å². The topological polar surface area (TPSA) is 21.3 Å². The van der Waals surface area contributed by atoms with Gasteiger partial charge >= 0.3 is 0 Å². The highest BCUT2D eigenvalue weighted by molar-refractivity contribution is 7.17. The number of hydrogen-bond donors (Lipinski definition) is 1. The van der Waals surface area contributed by atoms with Crippen molar-refractivity contribution in [3.8, 4) is 0 Å². The Labute approximate surface area is 126 Å². The molecule has 0 fully saturated rings. The summed E-state index contributed by atoms with van der Waals surface area (Å²) in [6.07, 6.45) is 1.12. The van der Waals surface area contributed by atoms with Crippen LogP contribution in [0.5, 0.6) is 0 Å². The van der Waals surface area contributed by atoms with Crippen molar-refractivity contribution >= 4 is 21.4 Å². The van der Waals surface area contributed by atoms with Crippen LogP contribution in [0.4, 0.5) is 0 Å². The van der Waals surface area contributed by atoms with E-state index in [9.17, 15) is 0 Å². The van der Waals surface area contributed by atoms with Crippen LogP contribution in [0.15, 0.2) is 29.6 Å². The molecule has 2 rings (SSSR count). The first-order valence-electron chi connectivity index (χ1n) is 7.43. The SMILES string of the molecule is CCCNC(c1cccc2ccsc12)C(C)(C)OCC. The molecule has 0 spiro atoms. The predicted octanol–water partition coefficient (Wildman–Crippen LogP) is 4.76. The summed E-state index contributed by atoms with van der Waals surface area (Å²) < 4.78 is 7.38. The van der Waals surface area contributed by atoms with Gasteiger partial charge in [0.25, 0.3) is 0 Å². The van der Waals surface area contributed by atoms with Crippen LogP contribution in [-0.4, -0.2) is 18.8 Å². The number of benzene rings is 1. The quantitative estimate of drug-likeness (QED) is 0.794. The average Bonchev–Trinajstić information content (AvgIpc) is 2.87. The monoisotopic (exact) mass is 291 g/mol. The van der Waals surface area contributed by atoms with Crippen molar-refractivity contribution in [3.05, 3.63) is 35.2 Å². The molecule has 0 saturated heterocycles. The molecule has 0 bridgehead atoms. The molecule has 0 saturated carbocycles. The molecule has 110 valence electrons. The van der Waals surface area contributed by atoms with Crippen molar-refractivity contribution in [1.82, 2.24) is 5.32 Å². The van der Waals surface area contributed by atoms with E-state index in [4.69, 9.17) is 4.74 Å². The lowest BCUT2D eigenvalue weighted by molar-refractivity contribution is -0.0387. The molecular weight excluding hydrogens is 266 g/mol. The first kappa shape index (κ1) is 15.5. The van der Waals surface area contributed by atoms with Gasteiger partial charge < -0.3 is 10.1 Å². The number of ether oxygens (including phenoxy) is 1. The second-order valence-electron chi connectivity index (χ2n) is 5.61. The van der Waals surface area contributed by atoms with Gasteiger partial charge in [0.15, 0.2) is 0 Å². The van der Waals surface area contributed by atoms with Gasteiger partial charge in [-0.05, 0) is 56.1 Å². The Hall–Kier alpha value is -0.900. The fraction of sp³-hybridized carbons (Fsp3) is 0.529. The highest BCUT2D eigenvalue weighted by atomic mass is 32.1. The van der Waals surface area contributed by atoms with Gasteiger partial charge in [-0.3, -0.25) is 0 Å². The maximum atomic E-state index is 6.01. The van der Waals surface area contributed by atoms with Gasteiger partial charge in [-0.25, -0.2) is 0 Å². The van der Waals surface area contributed by atoms with Crippen molar-refractivity contribution in [2.24, 2.45) is 0 Å². The molecule has 3 heteroatoms. The molecule has 0 aliphatic heterocycles. The van der Waals surface area contributed by atoms with E-state index in [1.807, 2.05) is 11.3 Å². The largest absolute Gasteiger partial charge is 0.374 e. The van der Waals surface area contributed by atoms with E-state index < -0.39 is 0 Å². The smallest absolute Gasteiger partial charge is 0.0820 e. The first-order valence-corrected chi connectivity index (χ1v) is 8.31. The van der Waals surface area contributed by atoms with Crippen molar-refractivity contribution in [3.63, 3.8) is 0 Å². The molecular formula is C17H25NOS. The number of hydrogen-bond acceptors (Lipinski definition) is 3. The maximum absolute atomic E-state index is 6.01. The molecule has 1 aromatic heterocycles. The molecule has 1 aromatic carbocycles. The van der Waals surface area contributed by atoms with Crippen molar-refractivity contribution in [1.29, 1.82) is 0 Å². The van der Waals surface area contributed by atoms with E-state index >= 15 is 0 Å². The van der Waals surface area contributed by atoms with Crippen LogP contribution in [-0.2, 0) is 4.74 Å². The molecule has 2 nitrogen and oxygen atoms in total. The summed E-state index contributed by atoms with van der Waals surface area (Å²) in [6.45, 7) is 10.3. The van der Waals surface area contributed by atoms with E-state index in [0.717, 1.165) is 19.6 Å². The minimum atomic E-state index is -0.220. The van der Waals surface area contributed by atoms with Gasteiger partial charge in [-0.2, -0.15) is 0 Å². The Balaban J connectivity index is 2.42. The molecule has 0 aliphatic carbocycles. The number of nitrogens with one attached hydrogen (secondary N) is 1. The van der Waals surface area contributed by atoms with Gasteiger partial charge in [0.05, 0.1) is 11.6 Å². The molecule has 20 heavy (non-hydrogen) atoms. The lowest BCUT2D eigenvalue weighted by Gasteiger charge is -2.35. The van der Waals surface area contributed by atoms with E-state index in [1.165, 1.54) is 15.6 Å². The third kappa shape index (κ3) is 3.22. The summed E-state index contributed by atoms with van der Waals surface area (Å²) in [5, 5.41) is 7.16. The maximum Gasteiger partial charge on any atom is 0.0820 e. The summed E-state index contributed by atoms with van der Waals surface area (Å²) in [5.41, 5.74) is 1.13. The zero-order valence-corrected chi connectivity index (χ0v) is 13.7. The lowest BCUT2D eigenvalue weighted by atomic mass is 9.90. The van der Waals surface area contributed by atoms with Crippen molar-refractivity contribution < 1.29 is 4.74 Å². The van der Waals surface area contributed by atoms with Crippen LogP contribution < -0.4 is 5.32 Å². The minimum Gasteiger partial charge on any atom is -0.374 e. The normalized spacial score (nSPS) is 13.8. The summed E-state index contributed by atoms with van der Waals surface area (Å²) in [6, 6.07) is 8.96. The second-order valence-corrected chi connectivity index (χ2v) is 6.53. The molecule has 2 aromatic rings. The molecule has 1 N–H and O–H groups in total. The summed E-state index contributed by atoms with van der Waals surface area (Å²) in [4.78, 5) is 0. The van der Waals surface area contributed by atoms with E-state index in [-0.39, 0.29) is 11.6 Å². The minimum absolute atomic E-state index is 0.213. The highest BCUT2D eigenvalue weighted by Gasteiger charge is 2.32. The van der Waals surface area contributed by atoms with Gasteiger partial charge in [0, 0.05) is 11.3 Å². The Morgan fingerprint density at radius 3 is 2.75 bits per heavy atom. The molecule has 0 aliphatic rings. The van der Waals surface area contributed by atoms with Gasteiger partial charge in [-0.15, -0.1) is 11.3 Å². The number of rotatable bonds is 7. The zero-order valence-electron chi connectivity index (χ0n) is 12.9. The molecule has 1 unspecified atom stereocenters. The van der Waals surface area contributed by atoms with Crippen LogP contribution >= 0.6 is 11.3 Å². The average molecular weight is 291 g/mol. The van der Waals surface area contributed by atoms with Gasteiger partial charge in [0.2, 0.25) is 0 Å². The van der Waals surface area contributed by atoms with Crippen molar-refractivity contribution in [2.45, 2.75) is 45.8 Å². The first-order chi connectivity index (χ1) is 9.60. The third-order valence-corrected chi connectivity index (χ3v) is 4.61. The summed E-state index contributed by atoms with van der Waals surface area (Å²) in [7, 11) is 0. The van der Waals surface area contributed by atoms with Crippen LogP contribution in [0.3, 0.4) is 0 Å². The molecule has 0 amide bonds.